The first-order valence-corrected chi connectivity index (χ1v) is 14.1. The van der Waals surface area contributed by atoms with Crippen LogP contribution in [0.15, 0.2) is 18.2 Å². The standard InChI is InChI=1S/C7H3FN.3CH3.Sn/c8-7-4-2-1-3-6(7)5-9;;;;/h2-4H;3*1H3;. The predicted octanol–water partition coefficient (Wildman–Crippen LogP) is 2.24. The molecular formula is C10H12FNSn. The molecule has 0 saturated heterocycles. The topological polar surface area (TPSA) is 23.8 Å². The van der Waals surface area contributed by atoms with Crippen LogP contribution >= 0.6 is 0 Å². The summed E-state index contributed by atoms with van der Waals surface area (Å²) in [4.78, 5) is 6.72. The second-order valence-corrected chi connectivity index (χ2v) is 18.5. The third-order valence-electron chi connectivity index (χ3n) is 1.95. The van der Waals surface area contributed by atoms with E-state index in [1.165, 1.54) is 9.65 Å². The van der Waals surface area contributed by atoms with E-state index in [-0.39, 0.29) is 5.56 Å². The van der Waals surface area contributed by atoms with E-state index in [9.17, 15) is 4.39 Å². The first-order chi connectivity index (χ1) is 5.95. The number of rotatable bonds is 1. The van der Waals surface area contributed by atoms with Gasteiger partial charge in [-0.3, -0.25) is 0 Å². The third-order valence-corrected chi connectivity index (χ3v) is 7.78. The summed E-state index contributed by atoms with van der Waals surface area (Å²) in [6.45, 7) is 0. The minimum atomic E-state index is -2.13. The first-order valence-electron chi connectivity index (χ1n) is 4.15. The van der Waals surface area contributed by atoms with Gasteiger partial charge in [0.25, 0.3) is 0 Å². The Labute approximate surface area is 82.1 Å². The average molecular weight is 284 g/mol. The zero-order valence-electron chi connectivity index (χ0n) is 8.06. The molecule has 3 heteroatoms. The summed E-state index contributed by atoms with van der Waals surface area (Å²) in [5.74, 6) is -0.415. The van der Waals surface area contributed by atoms with Crippen LogP contribution in [0, 0.1) is 17.1 Å². The molecule has 0 fully saturated rings. The van der Waals surface area contributed by atoms with Gasteiger partial charge in [-0.1, -0.05) is 0 Å². The maximum absolute atomic E-state index is 13.0. The maximum atomic E-state index is 13.0. The van der Waals surface area contributed by atoms with Crippen molar-refractivity contribution in [3.05, 3.63) is 29.6 Å². The zero-order valence-corrected chi connectivity index (χ0v) is 10.9. The Bertz CT molecular complexity index is 360. The average Bonchev–Trinajstić information content (AvgIpc) is 2.03. The Balaban J connectivity index is 3.24. The molecule has 1 aromatic rings. The molecule has 0 heterocycles. The fraction of sp³-hybridized carbons (Fsp3) is 0.300. The SMILES string of the molecule is [CH3][Sn]([CH3])([CH3])[c]1ccc(F)c(C#N)c1. The molecule has 0 amide bonds. The number of hydrogen-bond donors (Lipinski definition) is 0. The van der Waals surface area contributed by atoms with Crippen molar-refractivity contribution in [3.63, 3.8) is 0 Å². The number of halogens is 1. The molecule has 13 heavy (non-hydrogen) atoms. The quantitative estimate of drug-likeness (QED) is 0.725. The second kappa shape index (κ2) is 3.67. The summed E-state index contributed by atoms with van der Waals surface area (Å²) < 4.78 is 14.1. The monoisotopic (exact) mass is 285 g/mol. The van der Waals surface area contributed by atoms with Crippen molar-refractivity contribution >= 4 is 22.0 Å². The molecule has 0 radical (unpaired) electrons. The van der Waals surface area contributed by atoms with Crippen molar-refractivity contribution in [2.24, 2.45) is 0 Å². The Morgan fingerprint density at radius 3 is 2.38 bits per heavy atom. The minimum absolute atomic E-state index is 0.170. The van der Waals surface area contributed by atoms with Crippen LogP contribution in [0.3, 0.4) is 0 Å². The summed E-state index contributed by atoms with van der Waals surface area (Å²) in [6, 6.07) is 6.78. The predicted molar refractivity (Wildman–Crippen MR) is 54.1 cm³/mol. The molecule has 0 unspecified atom stereocenters. The fourth-order valence-corrected chi connectivity index (χ4v) is 4.39. The van der Waals surface area contributed by atoms with Crippen LogP contribution in [0.1, 0.15) is 5.56 Å². The van der Waals surface area contributed by atoms with Crippen molar-refractivity contribution in [1.82, 2.24) is 0 Å². The van der Waals surface area contributed by atoms with Gasteiger partial charge in [0.2, 0.25) is 0 Å². The molecule has 0 aromatic heterocycles. The van der Waals surface area contributed by atoms with Crippen molar-refractivity contribution in [2.45, 2.75) is 14.8 Å². The molecule has 0 spiro atoms. The van der Waals surface area contributed by atoms with E-state index in [2.05, 4.69) is 14.8 Å². The first kappa shape index (κ1) is 10.5. The number of nitriles is 1. The van der Waals surface area contributed by atoms with Crippen molar-refractivity contribution in [1.29, 1.82) is 5.26 Å². The van der Waals surface area contributed by atoms with E-state index < -0.39 is 24.2 Å². The Hall–Kier alpha value is -0.561. The van der Waals surface area contributed by atoms with Crippen LogP contribution in [0.4, 0.5) is 4.39 Å². The van der Waals surface area contributed by atoms with Crippen LogP contribution < -0.4 is 3.58 Å². The van der Waals surface area contributed by atoms with Crippen LogP contribution in [0.5, 0.6) is 0 Å². The second-order valence-electron chi connectivity index (χ2n) is 4.06. The summed E-state index contributed by atoms with van der Waals surface area (Å²) in [6.07, 6.45) is 0. The van der Waals surface area contributed by atoms with Gasteiger partial charge in [-0.05, 0) is 0 Å². The molecule has 0 bridgehead atoms. The van der Waals surface area contributed by atoms with Gasteiger partial charge in [0.05, 0.1) is 0 Å². The van der Waals surface area contributed by atoms with E-state index in [0.29, 0.717) is 0 Å². The van der Waals surface area contributed by atoms with E-state index in [1.54, 1.807) is 6.07 Å². The van der Waals surface area contributed by atoms with E-state index >= 15 is 0 Å². The van der Waals surface area contributed by atoms with Gasteiger partial charge in [-0.15, -0.1) is 0 Å². The number of hydrogen-bond acceptors (Lipinski definition) is 1. The normalized spacial score (nSPS) is 11.0. The summed E-state index contributed by atoms with van der Waals surface area (Å²) >= 11 is -2.13. The molecule has 68 valence electrons. The van der Waals surface area contributed by atoms with E-state index in [4.69, 9.17) is 5.26 Å². The molecule has 0 aliphatic rings. The van der Waals surface area contributed by atoms with E-state index in [0.717, 1.165) is 0 Å². The summed E-state index contributed by atoms with van der Waals surface area (Å²) in [5.41, 5.74) is 0.170. The molecular weight excluding hydrogens is 272 g/mol. The van der Waals surface area contributed by atoms with Gasteiger partial charge >= 0.3 is 82.1 Å². The molecule has 1 aromatic carbocycles. The molecule has 1 rings (SSSR count). The molecule has 0 aliphatic carbocycles. The van der Waals surface area contributed by atoms with Crippen LogP contribution in [-0.2, 0) is 0 Å². The third kappa shape index (κ3) is 2.44. The molecule has 1 nitrogen and oxygen atoms in total. The summed E-state index contributed by atoms with van der Waals surface area (Å²) in [5, 5.41) is 8.64. The van der Waals surface area contributed by atoms with Gasteiger partial charge in [0, 0.05) is 0 Å². The zero-order chi connectivity index (χ0) is 10.1. The number of nitrogens with zero attached hydrogens (tertiary/aromatic N) is 1. The van der Waals surface area contributed by atoms with Crippen molar-refractivity contribution < 1.29 is 4.39 Å². The molecule has 0 N–H and O–H groups in total. The molecule has 0 atom stereocenters. The molecule has 0 aliphatic heterocycles. The Morgan fingerprint density at radius 2 is 1.92 bits per heavy atom. The molecule has 0 saturated carbocycles. The fourth-order valence-electron chi connectivity index (χ4n) is 1.08. The van der Waals surface area contributed by atoms with E-state index in [1.807, 2.05) is 12.1 Å². The van der Waals surface area contributed by atoms with Crippen molar-refractivity contribution in [2.75, 3.05) is 0 Å². The van der Waals surface area contributed by atoms with Gasteiger partial charge in [0.1, 0.15) is 0 Å². The van der Waals surface area contributed by atoms with Crippen LogP contribution in [-0.4, -0.2) is 18.4 Å². The van der Waals surface area contributed by atoms with Gasteiger partial charge in [-0.25, -0.2) is 0 Å². The Kier molecular flexibility index (Phi) is 2.97. The van der Waals surface area contributed by atoms with Gasteiger partial charge in [-0.2, -0.15) is 0 Å². The van der Waals surface area contributed by atoms with Gasteiger partial charge < -0.3 is 0 Å². The summed E-state index contributed by atoms with van der Waals surface area (Å²) in [7, 11) is 0. The van der Waals surface area contributed by atoms with Crippen LogP contribution in [0.2, 0.25) is 14.8 Å². The van der Waals surface area contributed by atoms with Crippen molar-refractivity contribution in [3.8, 4) is 6.07 Å². The Morgan fingerprint density at radius 1 is 1.31 bits per heavy atom. The van der Waals surface area contributed by atoms with Gasteiger partial charge in [0.15, 0.2) is 0 Å². The number of benzene rings is 1. The van der Waals surface area contributed by atoms with Crippen LogP contribution in [0.25, 0.3) is 0 Å².